The fourth-order valence-corrected chi connectivity index (χ4v) is 1.65. The Bertz CT molecular complexity index is 459. The Morgan fingerprint density at radius 3 is 2.80 bits per heavy atom. The second kappa shape index (κ2) is 4.49. The fourth-order valence-electron chi connectivity index (χ4n) is 1.25. The minimum Gasteiger partial charge on any atom is -0.264 e. The first-order valence-electron chi connectivity index (χ1n) is 4.43. The summed E-state index contributed by atoms with van der Waals surface area (Å²) in [5.74, 6) is -0.292. The van der Waals surface area contributed by atoms with Gasteiger partial charge in [-0.3, -0.25) is 4.98 Å². The zero-order valence-electron chi connectivity index (χ0n) is 7.82. The highest BCUT2D eigenvalue weighted by atomic mass is 79.9. The van der Waals surface area contributed by atoms with Crippen molar-refractivity contribution >= 4 is 15.9 Å². The lowest BCUT2D eigenvalue weighted by Gasteiger charge is -2.03. The lowest BCUT2D eigenvalue weighted by Crippen LogP contribution is -1.93. The first-order valence-corrected chi connectivity index (χ1v) is 5.55. The van der Waals surface area contributed by atoms with E-state index >= 15 is 0 Å². The van der Waals surface area contributed by atoms with Gasteiger partial charge in [0.2, 0.25) is 0 Å². The molecule has 4 heteroatoms. The van der Waals surface area contributed by atoms with E-state index in [1.165, 1.54) is 6.07 Å². The molecule has 76 valence electrons. The number of alkyl halides is 1. The van der Waals surface area contributed by atoms with Crippen molar-refractivity contribution in [2.75, 3.05) is 0 Å². The highest BCUT2D eigenvalue weighted by Crippen LogP contribution is 2.18. The first-order chi connectivity index (χ1) is 7.31. The van der Waals surface area contributed by atoms with Crippen LogP contribution >= 0.6 is 15.9 Å². The Morgan fingerprint density at radius 2 is 2.13 bits per heavy atom. The van der Waals surface area contributed by atoms with E-state index in [0.717, 1.165) is 11.3 Å². The summed E-state index contributed by atoms with van der Waals surface area (Å²) in [7, 11) is 0. The molecular weight excluding hydrogens is 259 g/mol. The largest absolute Gasteiger partial charge is 0.264 e. The van der Waals surface area contributed by atoms with Crippen molar-refractivity contribution in [3.63, 3.8) is 0 Å². The predicted molar refractivity (Wildman–Crippen MR) is 60.1 cm³/mol. The number of hydrogen-bond acceptors (Lipinski definition) is 2. The monoisotopic (exact) mass is 266 g/mol. The lowest BCUT2D eigenvalue weighted by molar-refractivity contribution is 0.609. The second-order valence-corrected chi connectivity index (χ2v) is 3.56. The maximum atomic E-state index is 13.2. The van der Waals surface area contributed by atoms with Gasteiger partial charge in [0.15, 0.2) is 0 Å². The van der Waals surface area contributed by atoms with Crippen molar-refractivity contribution in [3.8, 4) is 11.3 Å². The molecule has 0 spiro atoms. The molecule has 0 N–H and O–H groups in total. The molecule has 15 heavy (non-hydrogen) atoms. The fraction of sp³-hybridized carbons (Fsp3) is 0.0909. The van der Waals surface area contributed by atoms with Crippen LogP contribution in [-0.4, -0.2) is 9.97 Å². The van der Waals surface area contributed by atoms with Gasteiger partial charge in [0.05, 0.1) is 11.4 Å². The van der Waals surface area contributed by atoms with Crippen molar-refractivity contribution in [3.05, 3.63) is 48.2 Å². The number of hydrogen-bond donors (Lipinski definition) is 0. The molecule has 0 aromatic carbocycles. The first kappa shape index (κ1) is 10.2. The highest BCUT2D eigenvalue weighted by Gasteiger charge is 2.05. The van der Waals surface area contributed by atoms with Crippen molar-refractivity contribution < 1.29 is 4.39 Å². The van der Waals surface area contributed by atoms with Crippen LogP contribution in [0.3, 0.4) is 0 Å². The maximum Gasteiger partial charge on any atom is 0.145 e. The Morgan fingerprint density at radius 1 is 1.27 bits per heavy atom. The molecule has 2 nitrogen and oxygen atoms in total. The molecule has 0 bridgehead atoms. The van der Waals surface area contributed by atoms with E-state index in [2.05, 4.69) is 25.9 Å². The third-order valence-corrected chi connectivity index (χ3v) is 2.53. The zero-order chi connectivity index (χ0) is 10.7. The van der Waals surface area contributed by atoms with E-state index in [9.17, 15) is 4.39 Å². The molecule has 2 aromatic heterocycles. The van der Waals surface area contributed by atoms with Crippen LogP contribution in [0.25, 0.3) is 11.3 Å². The minimum absolute atomic E-state index is 0.292. The molecule has 0 aliphatic carbocycles. The normalized spacial score (nSPS) is 10.3. The number of rotatable bonds is 2. The predicted octanol–water partition coefficient (Wildman–Crippen LogP) is 3.18. The van der Waals surface area contributed by atoms with E-state index < -0.39 is 0 Å². The average molecular weight is 267 g/mol. The van der Waals surface area contributed by atoms with E-state index in [0.29, 0.717) is 11.0 Å². The third-order valence-electron chi connectivity index (χ3n) is 2.00. The van der Waals surface area contributed by atoms with E-state index in [4.69, 9.17) is 0 Å². The lowest BCUT2D eigenvalue weighted by atomic mass is 10.2. The molecule has 0 amide bonds. The second-order valence-electron chi connectivity index (χ2n) is 3.00. The van der Waals surface area contributed by atoms with Crippen LogP contribution in [0.2, 0.25) is 0 Å². The Kier molecular flexibility index (Phi) is 3.06. The van der Waals surface area contributed by atoms with Gasteiger partial charge in [-0.1, -0.05) is 15.9 Å². The summed E-state index contributed by atoms with van der Waals surface area (Å²) >= 11 is 3.20. The molecule has 0 unspecified atom stereocenters. The third kappa shape index (κ3) is 2.21. The summed E-state index contributed by atoms with van der Waals surface area (Å²) in [6.45, 7) is 0. The Hall–Kier alpha value is -1.29. The number of nitrogens with zero attached hydrogens (tertiary/aromatic N) is 2. The summed E-state index contributed by atoms with van der Waals surface area (Å²) in [5, 5.41) is 0.410. The highest BCUT2D eigenvalue weighted by molar-refractivity contribution is 9.08. The quantitative estimate of drug-likeness (QED) is 0.781. The summed E-state index contributed by atoms with van der Waals surface area (Å²) < 4.78 is 13.2. The molecule has 0 fully saturated rings. The Balaban J connectivity index is 2.46. The maximum absolute atomic E-state index is 13.2. The molecule has 2 heterocycles. The van der Waals surface area contributed by atoms with Crippen LogP contribution in [0, 0.1) is 5.82 Å². The van der Waals surface area contributed by atoms with Crippen LogP contribution in [0.15, 0.2) is 36.7 Å². The van der Waals surface area contributed by atoms with Gasteiger partial charge >= 0.3 is 0 Å². The smallest absolute Gasteiger partial charge is 0.145 e. The number of aromatic nitrogens is 2. The molecule has 0 saturated heterocycles. The Labute approximate surface area is 95.3 Å². The van der Waals surface area contributed by atoms with Gasteiger partial charge in [-0.05, 0) is 24.3 Å². The molecule has 0 aliphatic heterocycles. The van der Waals surface area contributed by atoms with Crippen molar-refractivity contribution in [2.45, 2.75) is 5.33 Å². The SMILES string of the molecule is Fc1ccc(-c2cccnc2)nc1CBr. The molecule has 0 saturated carbocycles. The van der Waals surface area contributed by atoms with Crippen LogP contribution < -0.4 is 0 Å². The van der Waals surface area contributed by atoms with Gasteiger partial charge in [-0.25, -0.2) is 9.37 Å². The number of pyridine rings is 2. The summed E-state index contributed by atoms with van der Waals surface area (Å²) in [5.41, 5.74) is 2.04. The van der Waals surface area contributed by atoms with E-state index in [1.807, 2.05) is 12.1 Å². The zero-order valence-corrected chi connectivity index (χ0v) is 9.41. The number of halogens is 2. The van der Waals surface area contributed by atoms with Crippen LogP contribution in [0.1, 0.15) is 5.69 Å². The molecule has 0 atom stereocenters. The van der Waals surface area contributed by atoms with Crippen LogP contribution in [0.4, 0.5) is 4.39 Å². The van der Waals surface area contributed by atoms with E-state index in [-0.39, 0.29) is 5.82 Å². The van der Waals surface area contributed by atoms with Gasteiger partial charge in [0, 0.05) is 23.3 Å². The van der Waals surface area contributed by atoms with Crippen LogP contribution in [0.5, 0.6) is 0 Å². The molecule has 2 rings (SSSR count). The van der Waals surface area contributed by atoms with E-state index in [1.54, 1.807) is 18.5 Å². The van der Waals surface area contributed by atoms with Gasteiger partial charge < -0.3 is 0 Å². The minimum atomic E-state index is -0.292. The molecular formula is C11H8BrFN2. The summed E-state index contributed by atoms with van der Waals surface area (Å²) in [6.07, 6.45) is 3.40. The van der Waals surface area contributed by atoms with Crippen molar-refractivity contribution in [1.29, 1.82) is 0 Å². The van der Waals surface area contributed by atoms with Crippen molar-refractivity contribution in [1.82, 2.24) is 9.97 Å². The summed E-state index contributed by atoms with van der Waals surface area (Å²) in [6, 6.07) is 6.80. The van der Waals surface area contributed by atoms with Gasteiger partial charge in [-0.2, -0.15) is 0 Å². The topological polar surface area (TPSA) is 25.8 Å². The van der Waals surface area contributed by atoms with Crippen molar-refractivity contribution in [2.24, 2.45) is 0 Å². The van der Waals surface area contributed by atoms with Gasteiger partial charge in [-0.15, -0.1) is 0 Å². The van der Waals surface area contributed by atoms with Crippen LogP contribution in [-0.2, 0) is 5.33 Å². The molecule has 0 aliphatic rings. The molecule has 0 radical (unpaired) electrons. The average Bonchev–Trinajstić information content (AvgIpc) is 2.31. The van der Waals surface area contributed by atoms with Gasteiger partial charge in [0.1, 0.15) is 5.82 Å². The van der Waals surface area contributed by atoms with Gasteiger partial charge in [0.25, 0.3) is 0 Å². The summed E-state index contributed by atoms with van der Waals surface area (Å²) in [4.78, 5) is 8.19. The standard InChI is InChI=1S/C11H8BrFN2/c12-6-11-9(13)3-4-10(15-11)8-2-1-5-14-7-8/h1-5,7H,6H2. The molecule has 2 aromatic rings.